The van der Waals surface area contributed by atoms with E-state index < -0.39 is 0 Å². The lowest BCUT2D eigenvalue weighted by atomic mass is 10.0. The van der Waals surface area contributed by atoms with Gasteiger partial charge >= 0.3 is 0 Å². The number of anilines is 3. The topological polar surface area (TPSA) is 29.5 Å². The first kappa shape index (κ1) is 29.1. The molecule has 0 fully saturated rings. The van der Waals surface area contributed by atoms with Crippen molar-refractivity contribution in [2.24, 2.45) is 0 Å². The largest absolute Gasteiger partial charge is 0.456 e. The smallest absolute Gasteiger partial charge is 0.143 e. The first-order chi connectivity index (χ1) is 25.3. The molecule has 3 heteroatoms. The average Bonchev–Trinajstić information content (AvgIpc) is 3.76. The highest BCUT2D eigenvalue weighted by Crippen LogP contribution is 2.46. The van der Waals surface area contributed by atoms with Gasteiger partial charge in [-0.3, -0.25) is 0 Å². The molecule has 240 valence electrons. The number of hydrogen-bond donors (Lipinski definition) is 0. The van der Waals surface area contributed by atoms with Crippen LogP contribution < -0.4 is 4.90 Å². The second kappa shape index (κ2) is 11.9. The van der Waals surface area contributed by atoms with Crippen molar-refractivity contribution in [2.45, 2.75) is 0 Å². The quantitative estimate of drug-likeness (QED) is 0.179. The van der Waals surface area contributed by atoms with Gasteiger partial charge in [-0.25, -0.2) is 0 Å². The molecule has 0 saturated heterocycles. The zero-order valence-corrected chi connectivity index (χ0v) is 27.7. The van der Waals surface area contributed by atoms with E-state index in [1.54, 1.807) is 0 Å². The Hall–Kier alpha value is -6.84. The van der Waals surface area contributed by atoms with E-state index in [1.807, 2.05) is 6.07 Å². The van der Waals surface area contributed by atoms with Gasteiger partial charge in [-0.1, -0.05) is 140 Å². The summed E-state index contributed by atoms with van der Waals surface area (Å²) in [6, 6.07) is 66.0. The van der Waals surface area contributed by atoms with E-state index in [1.165, 1.54) is 22.3 Å². The molecule has 3 nitrogen and oxygen atoms in total. The van der Waals surface area contributed by atoms with Gasteiger partial charge in [0.2, 0.25) is 0 Å². The monoisotopic (exact) mass is 653 g/mol. The number of benzene rings is 8. The van der Waals surface area contributed by atoms with Crippen LogP contribution in [0.4, 0.5) is 17.1 Å². The Morgan fingerprint density at radius 3 is 1.45 bits per heavy atom. The third-order valence-corrected chi connectivity index (χ3v) is 9.88. The van der Waals surface area contributed by atoms with Crippen LogP contribution in [0.25, 0.3) is 77.3 Å². The second-order valence-corrected chi connectivity index (χ2v) is 12.9. The summed E-state index contributed by atoms with van der Waals surface area (Å²) in [5, 5.41) is 4.17. The van der Waals surface area contributed by atoms with Crippen molar-refractivity contribution < 1.29 is 8.83 Å². The molecule has 0 amide bonds. The zero-order valence-electron chi connectivity index (χ0n) is 27.7. The van der Waals surface area contributed by atoms with Crippen LogP contribution in [0.3, 0.4) is 0 Å². The van der Waals surface area contributed by atoms with Gasteiger partial charge < -0.3 is 13.7 Å². The van der Waals surface area contributed by atoms with E-state index in [0.717, 1.165) is 72.1 Å². The van der Waals surface area contributed by atoms with Gasteiger partial charge in [0.05, 0.1) is 11.1 Å². The highest BCUT2D eigenvalue weighted by molar-refractivity contribution is 6.19. The van der Waals surface area contributed by atoms with Gasteiger partial charge in [0.1, 0.15) is 22.3 Å². The lowest BCUT2D eigenvalue weighted by molar-refractivity contribution is 0.664. The molecule has 0 atom stereocenters. The number of rotatable bonds is 6. The summed E-state index contributed by atoms with van der Waals surface area (Å²) < 4.78 is 13.3. The zero-order chi connectivity index (χ0) is 33.7. The molecule has 10 aromatic rings. The van der Waals surface area contributed by atoms with Crippen LogP contribution in [0.2, 0.25) is 0 Å². The van der Waals surface area contributed by atoms with Crippen LogP contribution in [0.5, 0.6) is 0 Å². The number of hydrogen-bond acceptors (Lipinski definition) is 3. The summed E-state index contributed by atoms with van der Waals surface area (Å²) in [5.74, 6) is 0. The number of fused-ring (bicyclic) bond motifs is 6. The first-order valence-corrected chi connectivity index (χ1v) is 17.3. The van der Waals surface area contributed by atoms with Gasteiger partial charge in [0.25, 0.3) is 0 Å². The van der Waals surface area contributed by atoms with Crippen molar-refractivity contribution in [3.8, 4) is 33.4 Å². The molecule has 0 aliphatic heterocycles. The van der Waals surface area contributed by atoms with E-state index in [2.05, 4.69) is 187 Å². The second-order valence-electron chi connectivity index (χ2n) is 12.9. The Labute approximate surface area is 295 Å². The van der Waals surface area contributed by atoms with E-state index in [9.17, 15) is 0 Å². The summed E-state index contributed by atoms with van der Waals surface area (Å²) in [5.41, 5.74) is 13.5. The number of nitrogens with zero attached hydrogens (tertiary/aromatic N) is 1. The third kappa shape index (κ3) is 4.98. The summed E-state index contributed by atoms with van der Waals surface area (Å²) in [6.45, 7) is 0. The van der Waals surface area contributed by atoms with Crippen molar-refractivity contribution in [3.05, 3.63) is 188 Å². The predicted octanol–water partition coefficient (Wildman–Crippen LogP) is 14.0. The summed E-state index contributed by atoms with van der Waals surface area (Å²) in [6.07, 6.45) is 0. The maximum absolute atomic E-state index is 6.69. The van der Waals surface area contributed by atoms with Gasteiger partial charge in [0.15, 0.2) is 0 Å². The number of furan rings is 2. The summed E-state index contributed by atoms with van der Waals surface area (Å²) in [4.78, 5) is 2.33. The molecule has 8 aromatic carbocycles. The van der Waals surface area contributed by atoms with Crippen molar-refractivity contribution in [1.29, 1.82) is 0 Å². The molecule has 0 radical (unpaired) electrons. The van der Waals surface area contributed by atoms with Crippen molar-refractivity contribution in [1.82, 2.24) is 0 Å². The molecule has 10 rings (SSSR count). The lowest BCUT2D eigenvalue weighted by Gasteiger charge is -2.26. The molecule has 0 N–H and O–H groups in total. The van der Waals surface area contributed by atoms with Crippen molar-refractivity contribution in [2.75, 3.05) is 4.90 Å². The standard InChI is InChI=1S/C48H31NO2/c1-4-12-32(13-5-1)34-22-26-37(27-23-34)49(38-28-24-35(25-29-38)33-14-6-2-7-15-33)43-20-11-21-44-47(43)42-31-45-41(30-46(42)50-44)40-19-10-18-39(48(40)51-45)36-16-8-3-9-17-36/h1-31H. The fourth-order valence-corrected chi connectivity index (χ4v) is 7.42. The molecular weight excluding hydrogens is 623 g/mol. The van der Waals surface area contributed by atoms with Crippen LogP contribution in [0.15, 0.2) is 197 Å². The van der Waals surface area contributed by atoms with E-state index in [4.69, 9.17) is 8.83 Å². The maximum Gasteiger partial charge on any atom is 0.143 e. The molecular formula is C48H31NO2. The van der Waals surface area contributed by atoms with Crippen LogP contribution in [0, 0.1) is 0 Å². The Morgan fingerprint density at radius 1 is 0.333 bits per heavy atom. The Balaban J connectivity index is 1.17. The SMILES string of the molecule is c1ccc(-c2ccc(N(c3ccc(-c4ccccc4)cc3)c3cccc4oc5cc6c(cc5c34)oc3c(-c4ccccc4)cccc36)cc2)cc1. The molecule has 0 saturated carbocycles. The minimum absolute atomic E-state index is 0.830. The highest BCUT2D eigenvalue weighted by atomic mass is 16.3. The highest BCUT2D eigenvalue weighted by Gasteiger charge is 2.22. The van der Waals surface area contributed by atoms with E-state index >= 15 is 0 Å². The maximum atomic E-state index is 6.69. The van der Waals surface area contributed by atoms with Gasteiger partial charge in [-0.2, -0.15) is 0 Å². The predicted molar refractivity (Wildman–Crippen MR) is 212 cm³/mol. The lowest BCUT2D eigenvalue weighted by Crippen LogP contribution is -2.10. The minimum Gasteiger partial charge on any atom is -0.456 e. The molecule has 0 bridgehead atoms. The molecule has 2 aromatic heterocycles. The summed E-state index contributed by atoms with van der Waals surface area (Å²) in [7, 11) is 0. The van der Waals surface area contributed by atoms with Crippen LogP contribution in [-0.4, -0.2) is 0 Å². The van der Waals surface area contributed by atoms with Crippen LogP contribution in [-0.2, 0) is 0 Å². The van der Waals surface area contributed by atoms with Crippen LogP contribution >= 0.6 is 0 Å². The fraction of sp³-hybridized carbons (Fsp3) is 0. The Morgan fingerprint density at radius 2 is 0.843 bits per heavy atom. The van der Waals surface area contributed by atoms with Gasteiger partial charge in [-0.05, 0) is 76.3 Å². The molecule has 51 heavy (non-hydrogen) atoms. The first-order valence-electron chi connectivity index (χ1n) is 17.3. The van der Waals surface area contributed by atoms with E-state index in [-0.39, 0.29) is 0 Å². The number of para-hydroxylation sites is 1. The Bertz CT molecular complexity index is 2730. The normalized spacial score (nSPS) is 11.5. The molecule has 0 aliphatic carbocycles. The molecule has 0 aliphatic rings. The third-order valence-electron chi connectivity index (χ3n) is 9.88. The molecule has 2 heterocycles. The van der Waals surface area contributed by atoms with Gasteiger partial charge in [0, 0.05) is 33.1 Å². The van der Waals surface area contributed by atoms with Crippen LogP contribution in [0.1, 0.15) is 0 Å². The fourth-order valence-electron chi connectivity index (χ4n) is 7.42. The molecule has 0 unspecified atom stereocenters. The minimum atomic E-state index is 0.830. The Kier molecular flexibility index (Phi) is 6.81. The average molecular weight is 654 g/mol. The molecule has 0 spiro atoms. The van der Waals surface area contributed by atoms with E-state index in [0.29, 0.717) is 0 Å². The van der Waals surface area contributed by atoms with Gasteiger partial charge in [-0.15, -0.1) is 0 Å². The van der Waals surface area contributed by atoms with Crippen molar-refractivity contribution >= 4 is 60.9 Å². The summed E-state index contributed by atoms with van der Waals surface area (Å²) >= 11 is 0. The van der Waals surface area contributed by atoms with Crippen molar-refractivity contribution in [3.63, 3.8) is 0 Å².